The molecular formula is C13H14N2O2. The first kappa shape index (κ1) is 12.9. The molecule has 4 nitrogen and oxygen atoms in total. The van der Waals surface area contributed by atoms with Crippen LogP contribution < -0.4 is 0 Å². The largest absolute Gasteiger partial charge is 0.480 e. The molecule has 0 unspecified atom stereocenters. The second-order valence-electron chi connectivity index (χ2n) is 3.66. The average Bonchev–Trinajstić information content (AvgIpc) is 2.29. The molecule has 1 aromatic rings. The van der Waals surface area contributed by atoms with Crippen LogP contribution in [0.25, 0.3) is 0 Å². The summed E-state index contributed by atoms with van der Waals surface area (Å²) in [4.78, 5) is 12.4. The number of rotatable bonds is 6. The molecule has 0 radical (unpaired) electrons. The molecule has 17 heavy (non-hydrogen) atoms. The lowest BCUT2D eigenvalue weighted by molar-refractivity contribution is -0.138. The summed E-state index contributed by atoms with van der Waals surface area (Å²) >= 11 is 0. The van der Waals surface area contributed by atoms with Gasteiger partial charge in [-0.3, -0.25) is 9.69 Å². The number of carboxylic acid groups (broad SMARTS) is 1. The summed E-state index contributed by atoms with van der Waals surface area (Å²) in [7, 11) is 0. The van der Waals surface area contributed by atoms with Crippen molar-refractivity contribution < 1.29 is 9.90 Å². The van der Waals surface area contributed by atoms with E-state index >= 15 is 0 Å². The fraction of sp³-hybridized carbons (Fsp3) is 0.231. The standard InChI is InChI=1S/C13H14N2O2/c1-2-7-15(10-13(16)17)9-12-5-3-11(8-14)4-6-12/h2-6H,1,7,9-10H2,(H,16,17). The van der Waals surface area contributed by atoms with Crippen molar-refractivity contribution in [3.8, 4) is 6.07 Å². The zero-order chi connectivity index (χ0) is 12.7. The quantitative estimate of drug-likeness (QED) is 0.754. The molecule has 0 aliphatic carbocycles. The minimum Gasteiger partial charge on any atom is -0.480 e. The summed E-state index contributed by atoms with van der Waals surface area (Å²) < 4.78 is 0. The Kier molecular flexibility index (Phi) is 4.92. The third kappa shape index (κ3) is 4.49. The Hall–Kier alpha value is -2.12. The van der Waals surface area contributed by atoms with E-state index in [4.69, 9.17) is 10.4 Å². The van der Waals surface area contributed by atoms with Gasteiger partial charge < -0.3 is 5.11 Å². The van der Waals surface area contributed by atoms with Crippen LogP contribution in [0.2, 0.25) is 0 Å². The number of hydrogen-bond donors (Lipinski definition) is 1. The van der Waals surface area contributed by atoms with Gasteiger partial charge in [0.2, 0.25) is 0 Å². The normalized spacial score (nSPS) is 9.88. The SMILES string of the molecule is C=CCN(CC(=O)O)Cc1ccc(C#N)cc1. The first-order valence-corrected chi connectivity index (χ1v) is 5.19. The van der Waals surface area contributed by atoms with E-state index in [1.165, 1.54) is 0 Å². The highest BCUT2D eigenvalue weighted by Crippen LogP contribution is 2.07. The first-order valence-electron chi connectivity index (χ1n) is 5.19. The Labute approximate surface area is 100 Å². The number of nitriles is 1. The maximum absolute atomic E-state index is 10.7. The van der Waals surface area contributed by atoms with Gasteiger partial charge in [-0.25, -0.2) is 0 Å². The van der Waals surface area contributed by atoms with E-state index < -0.39 is 5.97 Å². The predicted molar refractivity (Wildman–Crippen MR) is 64.3 cm³/mol. The van der Waals surface area contributed by atoms with E-state index in [1.807, 2.05) is 18.2 Å². The molecule has 0 atom stereocenters. The van der Waals surface area contributed by atoms with Crippen molar-refractivity contribution >= 4 is 5.97 Å². The number of hydrogen-bond acceptors (Lipinski definition) is 3. The highest BCUT2D eigenvalue weighted by molar-refractivity contribution is 5.69. The summed E-state index contributed by atoms with van der Waals surface area (Å²) in [5.74, 6) is -0.861. The van der Waals surface area contributed by atoms with Crippen LogP contribution in [0.15, 0.2) is 36.9 Å². The number of nitrogens with zero attached hydrogens (tertiary/aromatic N) is 2. The van der Waals surface area contributed by atoms with Crippen LogP contribution >= 0.6 is 0 Å². The van der Waals surface area contributed by atoms with Crippen LogP contribution in [0.5, 0.6) is 0 Å². The van der Waals surface area contributed by atoms with Crippen molar-refractivity contribution in [3.63, 3.8) is 0 Å². The van der Waals surface area contributed by atoms with E-state index in [-0.39, 0.29) is 6.54 Å². The smallest absolute Gasteiger partial charge is 0.317 e. The van der Waals surface area contributed by atoms with Gasteiger partial charge in [0.15, 0.2) is 0 Å². The molecule has 0 aliphatic heterocycles. The second-order valence-corrected chi connectivity index (χ2v) is 3.66. The van der Waals surface area contributed by atoms with Crippen molar-refractivity contribution in [1.82, 2.24) is 4.90 Å². The number of carbonyl (C=O) groups is 1. The van der Waals surface area contributed by atoms with Crippen molar-refractivity contribution in [2.24, 2.45) is 0 Å². The van der Waals surface area contributed by atoms with Crippen LogP contribution in [0.3, 0.4) is 0 Å². The number of aliphatic carboxylic acids is 1. The Morgan fingerprint density at radius 1 is 1.47 bits per heavy atom. The molecule has 0 aromatic heterocycles. The molecule has 0 bridgehead atoms. The molecule has 0 heterocycles. The lowest BCUT2D eigenvalue weighted by Crippen LogP contribution is -2.29. The van der Waals surface area contributed by atoms with E-state index in [0.29, 0.717) is 18.7 Å². The van der Waals surface area contributed by atoms with Crippen LogP contribution in [0, 0.1) is 11.3 Å². The van der Waals surface area contributed by atoms with E-state index in [1.54, 1.807) is 23.1 Å². The molecule has 0 saturated carbocycles. The van der Waals surface area contributed by atoms with Gasteiger partial charge in [0, 0.05) is 13.1 Å². The summed E-state index contributed by atoms with van der Waals surface area (Å²) in [6, 6.07) is 9.15. The van der Waals surface area contributed by atoms with Gasteiger partial charge >= 0.3 is 5.97 Å². The maximum atomic E-state index is 10.7. The predicted octanol–water partition coefficient (Wildman–Crippen LogP) is 1.63. The van der Waals surface area contributed by atoms with Gasteiger partial charge in [0.05, 0.1) is 18.2 Å². The van der Waals surface area contributed by atoms with Gasteiger partial charge in [-0.15, -0.1) is 6.58 Å². The summed E-state index contributed by atoms with van der Waals surface area (Å²) in [6.45, 7) is 4.63. The molecule has 0 fully saturated rings. The Morgan fingerprint density at radius 3 is 2.59 bits per heavy atom. The van der Waals surface area contributed by atoms with Crippen LogP contribution in [-0.4, -0.2) is 29.1 Å². The molecule has 1 rings (SSSR count). The topological polar surface area (TPSA) is 64.3 Å². The fourth-order valence-electron chi connectivity index (χ4n) is 1.50. The summed E-state index contributed by atoms with van der Waals surface area (Å²) in [5.41, 5.74) is 1.58. The third-order valence-electron chi connectivity index (χ3n) is 2.24. The second kappa shape index (κ2) is 6.46. The minimum atomic E-state index is -0.861. The Bertz CT molecular complexity index is 432. The minimum absolute atomic E-state index is 0.0218. The number of carboxylic acids is 1. The van der Waals surface area contributed by atoms with Gasteiger partial charge in [-0.1, -0.05) is 18.2 Å². The molecule has 88 valence electrons. The van der Waals surface area contributed by atoms with E-state index in [2.05, 4.69) is 6.58 Å². The van der Waals surface area contributed by atoms with Crippen molar-refractivity contribution in [1.29, 1.82) is 5.26 Å². The van der Waals surface area contributed by atoms with Crippen molar-refractivity contribution in [2.75, 3.05) is 13.1 Å². The fourth-order valence-corrected chi connectivity index (χ4v) is 1.50. The lowest BCUT2D eigenvalue weighted by Gasteiger charge is -2.18. The van der Waals surface area contributed by atoms with Gasteiger partial charge in [0.1, 0.15) is 0 Å². The van der Waals surface area contributed by atoms with E-state index in [0.717, 1.165) is 5.56 Å². The summed E-state index contributed by atoms with van der Waals surface area (Å²) in [5, 5.41) is 17.4. The maximum Gasteiger partial charge on any atom is 0.317 e. The molecule has 0 spiro atoms. The summed E-state index contributed by atoms with van der Waals surface area (Å²) in [6.07, 6.45) is 1.67. The van der Waals surface area contributed by atoms with Crippen LogP contribution in [0.4, 0.5) is 0 Å². The zero-order valence-corrected chi connectivity index (χ0v) is 9.47. The highest BCUT2D eigenvalue weighted by Gasteiger charge is 2.08. The highest BCUT2D eigenvalue weighted by atomic mass is 16.4. The molecule has 4 heteroatoms. The molecule has 1 N–H and O–H groups in total. The molecule has 0 saturated heterocycles. The molecule has 0 aliphatic rings. The van der Waals surface area contributed by atoms with E-state index in [9.17, 15) is 4.79 Å². The third-order valence-corrected chi connectivity index (χ3v) is 2.24. The molecular weight excluding hydrogens is 216 g/mol. The zero-order valence-electron chi connectivity index (χ0n) is 9.47. The first-order chi connectivity index (χ1) is 8.15. The molecule has 0 amide bonds. The Morgan fingerprint density at radius 2 is 2.12 bits per heavy atom. The van der Waals surface area contributed by atoms with Crippen molar-refractivity contribution in [3.05, 3.63) is 48.0 Å². The van der Waals surface area contributed by atoms with Crippen LogP contribution in [0.1, 0.15) is 11.1 Å². The van der Waals surface area contributed by atoms with Gasteiger partial charge in [0.25, 0.3) is 0 Å². The van der Waals surface area contributed by atoms with Crippen molar-refractivity contribution in [2.45, 2.75) is 6.54 Å². The number of benzene rings is 1. The van der Waals surface area contributed by atoms with Crippen LogP contribution in [-0.2, 0) is 11.3 Å². The van der Waals surface area contributed by atoms with Gasteiger partial charge in [-0.2, -0.15) is 5.26 Å². The lowest BCUT2D eigenvalue weighted by atomic mass is 10.1. The molecule has 1 aromatic carbocycles. The van der Waals surface area contributed by atoms with Gasteiger partial charge in [-0.05, 0) is 17.7 Å². The Balaban J connectivity index is 2.68. The average molecular weight is 230 g/mol. The monoisotopic (exact) mass is 230 g/mol.